The number of nitrogens with zero attached hydrogens (tertiary/aromatic N) is 1. The Kier molecular flexibility index (Phi) is 4.83. The van der Waals surface area contributed by atoms with Gasteiger partial charge >= 0.3 is 0 Å². The SMILES string of the molecule is N#Cc1cccc(-c2cccc(-c3ccc4c(c3)C3(c5ccccc5O4)c4ccccc4-c4ccccc43)c2)c1. The van der Waals surface area contributed by atoms with Crippen LogP contribution in [0.2, 0.25) is 0 Å². The van der Waals surface area contributed by atoms with Gasteiger partial charge in [0.05, 0.1) is 17.0 Å². The van der Waals surface area contributed by atoms with Gasteiger partial charge in [-0.05, 0) is 80.9 Å². The number of fused-ring (bicyclic) bond motifs is 9. The second-order valence-electron chi connectivity index (χ2n) is 10.4. The first-order chi connectivity index (χ1) is 19.8. The lowest BCUT2D eigenvalue weighted by molar-refractivity contribution is 0.436. The second-order valence-corrected chi connectivity index (χ2v) is 10.4. The zero-order chi connectivity index (χ0) is 26.7. The van der Waals surface area contributed by atoms with E-state index in [0.717, 1.165) is 39.3 Å². The van der Waals surface area contributed by atoms with Crippen LogP contribution in [0.5, 0.6) is 11.5 Å². The van der Waals surface area contributed by atoms with Gasteiger partial charge in [-0.1, -0.05) is 103 Å². The maximum atomic E-state index is 9.40. The molecule has 6 aromatic rings. The first-order valence-corrected chi connectivity index (χ1v) is 13.5. The molecule has 0 unspecified atom stereocenters. The van der Waals surface area contributed by atoms with E-state index in [0.29, 0.717) is 5.56 Å². The molecule has 6 aromatic carbocycles. The van der Waals surface area contributed by atoms with Crippen LogP contribution in [0.1, 0.15) is 27.8 Å². The van der Waals surface area contributed by atoms with Crippen LogP contribution in [-0.4, -0.2) is 0 Å². The molecule has 0 aromatic heterocycles. The van der Waals surface area contributed by atoms with Gasteiger partial charge in [0.15, 0.2) is 0 Å². The van der Waals surface area contributed by atoms with Crippen molar-refractivity contribution in [3.8, 4) is 50.9 Å². The smallest absolute Gasteiger partial charge is 0.132 e. The van der Waals surface area contributed by atoms with E-state index in [2.05, 4.69) is 121 Å². The number of nitriles is 1. The van der Waals surface area contributed by atoms with Gasteiger partial charge in [-0.15, -0.1) is 0 Å². The molecular weight excluding hydrogens is 486 g/mol. The molecule has 1 heterocycles. The number of ether oxygens (including phenoxy) is 1. The van der Waals surface area contributed by atoms with Gasteiger partial charge in [0.25, 0.3) is 0 Å². The summed E-state index contributed by atoms with van der Waals surface area (Å²) in [6, 6.07) is 51.2. The lowest BCUT2D eigenvalue weighted by Gasteiger charge is -2.39. The van der Waals surface area contributed by atoms with Crippen molar-refractivity contribution in [2.24, 2.45) is 0 Å². The van der Waals surface area contributed by atoms with Crippen molar-refractivity contribution < 1.29 is 4.74 Å². The van der Waals surface area contributed by atoms with Crippen LogP contribution in [0, 0.1) is 11.3 Å². The summed E-state index contributed by atoms with van der Waals surface area (Å²) < 4.78 is 6.57. The van der Waals surface area contributed by atoms with Crippen LogP contribution in [-0.2, 0) is 5.41 Å². The van der Waals surface area contributed by atoms with Gasteiger partial charge in [0.2, 0.25) is 0 Å². The summed E-state index contributed by atoms with van der Waals surface area (Å²) in [7, 11) is 0. The largest absolute Gasteiger partial charge is 0.457 e. The van der Waals surface area contributed by atoms with Crippen LogP contribution in [0.25, 0.3) is 33.4 Å². The third-order valence-corrected chi connectivity index (χ3v) is 8.37. The highest BCUT2D eigenvalue weighted by Crippen LogP contribution is 2.62. The van der Waals surface area contributed by atoms with Gasteiger partial charge in [0, 0.05) is 11.1 Å². The van der Waals surface area contributed by atoms with Gasteiger partial charge < -0.3 is 4.74 Å². The van der Waals surface area contributed by atoms with E-state index in [1.54, 1.807) is 0 Å². The molecule has 2 nitrogen and oxygen atoms in total. The molecule has 0 saturated carbocycles. The van der Waals surface area contributed by atoms with Gasteiger partial charge in [-0.2, -0.15) is 5.26 Å². The monoisotopic (exact) mass is 509 g/mol. The second kappa shape index (κ2) is 8.56. The zero-order valence-corrected chi connectivity index (χ0v) is 21.6. The lowest BCUT2D eigenvalue weighted by atomic mass is 9.66. The minimum atomic E-state index is -0.480. The van der Waals surface area contributed by atoms with Gasteiger partial charge in [0.1, 0.15) is 11.5 Å². The number of rotatable bonds is 2. The molecule has 1 spiro atoms. The first-order valence-electron chi connectivity index (χ1n) is 13.5. The van der Waals surface area contributed by atoms with Crippen molar-refractivity contribution >= 4 is 0 Å². The van der Waals surface area contributed by atoms with Crippen molar-refractivity contribution in [1.29, 1.82) is 5.26 Å². The summed E-state index contributed by atoms with van der Waals surface area (Å²) in [5.41, 5.74) is 12.0. The molecule has 0 amide bonds. The van der Waals surface area contributed by atoms with E-state index in [9.17, 15) is 5.26 Å². The average Bonchev–Trinajstić information content (AvgIpc) is 3.32. The van der Waals surface area contributed by atoms with E-state index < -0.39 is 5.41 Å². The minimum absolute atomic E-state index is 0.480. The van der Waals surface area contributed by atoms with Crippen LogP contribution in [0.15, 0.2) is 140 Å². The highest BCUT2D eigenvalue weighted by atomic mass is 16.5. The maximum absolute atomic E-state index is 9.40. The van der Waals surface area contributed by atoms with E-state index in [1.165, 1.54) is 27.8 Å². The van der Waals surface area contributed by atoms with Crippen LogP contribution < -0.4 is 4.74 Å². The fraction of sp³-hybridized carbons (Fsp3) is 0.0263. The molecule has 2 aliphatic rings. The molecule has 0 bridgehead atoms. The van der Waals surface area contributed by atoms with E-state index in [1.807, 2.05) is 24.3 Å². The Bertz CT molecular complexity index is 1970. The summed E-state index contributed by atoms with van der Waals surface area (Å²) in [6.07, 6.45) is 0. The average molecular weight is 510 g/mol. The molecule has 0 atom stereocenters. The normalized spacial score (nSPS) is 13.4. The summed E-state index contributed by atoms with van der Waals surface area (Å²) in [4.78, 5) is 0. The van der Waals surface area contributed by atoms with Crippen molar-refractivity contribution in [2.45, 2.75) is 5.41 Å². The predicted molar refractivity (Wildman–Crippen MR) is 159 cm³/mol. The highest BCUT2D eigenvalue weighted by Gasteiger charge is 2.50. The topological polar surface area (TPSA) is 33.0 Å². The Morgan fingerprint density at radius 2 is 1.00 bits per heavy atom. The maximum Gasteiger partial charge on any atom is 0.132 e. The number of hydrogen-bond donors (Lipinski definition) is 0. The van der Waals surface area contributed by atoms with E-state index in [-0.39, 0.29) is 0 Å². The molecule has 1 aliphatic heterocycles. The Morgan fingerprint density at radius 3 is 1.70 bits per heavy atom. The fourth-order valence-electron chi connectivity index (χ4n) is 6.68. The Morgan fingerprint density at radius 1 is 0.450 bits per heavy atom. The van der Waals surface area contributed by atoms with Crippen LogP contribution in [0.3, 0.4) is 0 Å². The highest BCUT2D eigenvalue weighted by molar-refractivity contribution is 5.89. The summed E-state index contributed by atoms with van der Waals surface area (Å²) in [5.74, 6) is 1.78. The summed E-state index contributed by atoms with van der Waals surface area (Å²) >= 11 is 0. The van der Waals surface area contributed by atoms with Gasteiger partial charge in [-0.25, -0.2) is 0 Å². The summed E-state index contributed by atoms with van der Waals surface area (Å²) in [5, 5.41) is 9.40. The molecule has 40 heavy (non-hydrogen) atoms. The Labute approximate surface area is 233 Å². The van der Waals surface area contributed by atoms with E-state index >= 15 is 0 Å². The minimum Gasteiger partial charge on any atom is -0.457 e. The number of benzene rings is 6. The van der Waals surface area contributed by atoms with Crippen LogP contribution in [0.4, 0.5) is 0 Å². The van der Waals surface area contributed by atoms with Gasteiger partial charge in [-0.3, -0.25) is 0 Å². The van der Waals surface area contributed by atoms with Crippen molar-refractivity contribution in [1.82, 2.24) is 0 Å². The molecule has 1 aliphatic carbocycles. The zero-order valence-electron chi connectivity index (χ0n) is 21.6. The van der Waals surface area contributed by atoms with Crippen LogP contribution >= 0.6 is 0 Å². The van der Waals surface area contributed by atoms with Crippen molar-refractivity contribution in [2.75, 3.05) is 0 Å². The molecule has 186 valence electrons. The van der Waals surface area contributed by atoms with Crippen molar-refractivity contribution in [3.63, 3.8) is 0 Å². The quantitative estimate of drug-likeness (QED) is 0.233. The molecular formula is C38H23NO. The Hall–Kier alpha value is -5.39. The summed E-state index contributed by atoms with van der Waals surface area (Å²) in [6.45, 7) is 0. The molecule has 0 fully saturated rings. The molecule has 2 heteroatoms. The molecule has 8 rings (SSSR count). The molecule has 0 radical (unpaired) electrons. The first kappa shape index (κ1) is 22.6. The number of hydrogen-bond acceptors (Lipinski definition) is 2. The molecule has 0 N–H and O–H groups in total. The lowest BCUT2D eigenvalue weighted by Crippen LogP contribution is -2.32. The standard InChI is InChI=1S/C38H23NO/c39-24-25-9-7-10-26(21-25)27-11-8-12-28(22-27)29-19-20-37-35(23-29)38(34-17-5-6-18-36(34)40-37)32-15-3-1-13-30(32)31-14-2-4-16-33(31)38/h1-23H. The fourth-order valence-corrected chi connectivity index (χ4v) is 6.68. The van der Waals surface area contributed by atoms with Crippen molar-refractivity contribution in [3.05, 3.63) is 167 Å². The Balaban J connectivity index is 1.38. The number of para-hydroxylation sites is 1. The predicted octanol–water partition coefficient (Wildman–Crippen LogP) is 9.36. The third kappa shape index (κ3) is 3.09. The molecule has 0 saturated heterocycles. The van der Waals surface area contributed by atoms with E-state index in [4.69, 9.17) is 4.74 Å². The third-order valence-electron chi connectivity index (χ3n) is 8.37.